The van der Waals surface area contributed by atoms with E-state index in [9.17, 15) is 9.90 Å². The van der Waals surface area contributed by atoms with Crippen molar-refractivity contribution in [2.24, 2.45) is 0 Å². The molecule has 1 saturated heterocycles. The van der Waals surface area contributed by atoms with Crippen LogP contribution < -0.4 is 5.32 Å². The average molecular weight is 239 g/mol. The van der Waals surface area contributed by atoms with Crippen molar-refractivity contribution in [2.45, 2.75) is 12.1 Å². The molecular weight excluding hydrogens is 226 g/mol. The Morgan fingerprint density at radius 2 is 1.67 bits per heavy atom. The summed E-state index contributed by atoms with van der Waals surface area (Å²) in [4.78, 5) is 12.2. The molecular formula is C15H13NO2. The predicted molar refractivity (Wildman–Crippen MR) is 68.5 cm³/mol. The topological polar surface area (TPSA) is 59.2 Å². The van der Waals surface area contributed by atoms with Crippen LogP contribution >= 0.6 is 0 Å². The number of benzene rings is 2. The van der Waals surface area contributed by atoms with Gasteiger partial charge >= 0.3 is 0 Å². The number of phenols is 1. The highest BCUT2D eigenvalue weighted by molar-refractivity contribution is 6.04. The third-order valence-corrected chi connectivity index (χ3v) is 3.19. The van der Waals surface area contributed by atoms with Gasteiger partial charge in [-0.2, -0.15) is 0 Å². The summed E-state index contributed by atoms with van der Waals surface area (Å²) in [6.45, 7) is 0. The van der Waals surface area contributed by atoms with Crippen LogP contribution in [0.3, 0.4) is 0 Å². The van der Waals surface area contributed by atoms with E-state index in [-0.39, 0.29) is 23.6 Å². The number of aromatic hydroxyl groups is 1. The van der Waals surface area contributed by atoms with Crippen LogP contribution in [0.15, 0.2) is 54.6 Å². The molecule has 0 amide bonds. The molecule has 18 heavy (non-hydrogen) atoms. The first-order valence-corrected chi connectivity index (χ1v) is 5.90. The summed E-state index contributed by atoms with van der Waals surface area (Å²) in [5.74, 6) is -0.00929. The van der Waals surface area contributed by atoms with Crippen molar-refractivity contribution in [1.82, 2.24) is 5.32 Å². The smallest absolute Gasteiger partial charge is 0.185 e. The van der Waals surface area contributed by atoms with Crippen LogP contribution in [-0.4, -0.2) is 16.9 Å². The monoisotopic (exact) mass is 239 g/mol. The summed E-state index contributed by atoms with van der Waals surface area (Å²) >= 11 is 0. The van der Waals surface area contributed by atoms with Gasteiger partial charge in [0.2, 0.25) is 0 Å². The first-order chi connectivity index (χ1) is 8.77. The Balaban J connectivity index is 1.80. The molecule has 2 N–H and O–H groups in total. The van der Waals surface area contributed by atoms with E-state index in [1.54, 1.807) is 18.2 Å². The van der Waals surface area contributed by atoms with Gasteiger partial charge < -0.3 is 5.11 Å². The van der Waals surface area contributed by atoms with Gasteiger partial charge in [-0.15, -0.1) is 0 Å². The number of Topliss-reactive ketones (excluding diaryl/α,β-unsaturated/α-hetero) is 1. The minimum absolute atomic E-state index is 0.0445. The molecule has 3 rings (SSSR count). The van der Waals surface area contributed by atoms with Gasteiger partial charge in [0, 0.05) is 0 Å². The van der Waals surface area contributed by atoms with Gasteiger partial charge in [0.05, 0.1) is 17.6 Å². The zero-order chi connectivity index (χ0) is 12.5. The van der Waals surface area contributed by atoms with Crippen LogP contribution in [-0.2, 0) is 0 Å². The zero-order valence-electron chi connectivity index (χ0n) is 9.71. The van der Waals surface area contributed by atoms with E-state index in [0.717, 1.165) is 5.56 Å². The number of ketones is 1. The van der Waals surface area contributed by atoms with Gasteiger partial charge in [0.25, 0.3) is 0 Å². The second-order valence-corrected chi connectivity index (χ2v) is 4.41. The highest BCUT2D eigenvalue weighted by Gasteiger charge is 2.43. The Bertz CT molecular complexity index is 580. The minimum atomic E-state index is -0.222. The third-order valence-electron chi connectivity index (χ3n) is 3.19. The first kappa shape index (κ1) is 11.0. The number of carbonyl (C=O) groups is 1. The molecule has 3 heteroatoms. The van der Waals surface area contributed by atoms with Crippen molar-refractivity contribution in [1.29, 1.82) is 0 Å². The summed E-state index contributed by atoms with van der Waals surface area (Å²) in [6, 6.07) is 16.4. The Morgan fingerprint density at radius 3 is 2.39 bits per heavy atom. The fourth-order valence-corrected chi connectivity index (χ4v) is 2.16. The molecule has 0 spiro atoms. The molecule has 0 saturated carbocycles. The van der Waals surface area contributed by atoms with Crippen molar-refractivity contribution >= 4 is 5.78 Å². The number of carbonyl (C=O) groups excluding carboxylic acids is 1. The van der Waals surface area contributed by atoms with E-state index < -0.39 is 0 Å². The molecule has 1 heterocycles. The van der Waals surface area contributed by atoms with Gasteiger partial charge in [-0.25, -0.2) is 0 Å². The van der Waals surface area contributed by atoms with Gasteiger partial charge in [0.15, 0.2) is 5.78 Å². The van der Waals surface area contributed by atoms with Crippen molar-refractivity contribution in [3.63, 3.8) is 0 Å². The molecule has 0 unspecified atom stereocenters. The second kappa shape index (κ2) is 4.27. The normalized spacial score (nSPS) is 21.6. The maximum atomic E-state index is 12.2. The fraction of sp³-hybridized carbons (Fsp3) is 0.133. The highest BCUT2D eigenvalue weighted by Crippen LogP contribution is 2.33. The number of hydrogen-bond acceptors (Lipinski definition) is 3. The minimum Gasteiger partial charge on any atom is -0.507 e. The zero-order valence-corrected chi connectivity index (χ0v) is 9.71. The molecule has 1 aliphatic rings. The maximum Gasteiger partial charge on any atom is 0.185 e. The van der Waals surface area contributed by atoms with E-state index in [0.29, 0.717) is 5.56 Å². The lowest BCUT2D eigenvalue weighted by atomic mass is 10.0. The van der Waals surface area contributed by atoms with Gasteiger partial charge in [-0.1, -0.05) is 42.5 Å². The Hall–Kier alpha value is -2.13. The molecule has 1 fully saturated rings. The van der Waals surface area contributed by atoms with Crippen LogP contribution in [0.1, 0.15) is 22.0 Å². The van der Waals surface area contributed by atoms with Crippen LogP contribution in [0.4, 0.5) is 0 Å². The van der Waals surface area contributed by atoms with E-state index >= 15 is 0 Å². The molecule has 2 aromatic rings. The summed E-state index contributed by atoms with van der Waals surface area (Å²) in [5.41, 5.74) is 1.49. The lowest BCUT2D eigenvalue weighted by Gasteiger charge is -2.01. The molecule has 0 aliphatic carbocycles. The van der Waals surface area contributed by atoms with E-state index in [1.807, 2.05) is 30.3 Å². The number of nitrogens with one attached hydrogen (secondary N) is 1. The average Bonchev–Trinajstić information content (AvgIpc) is 3.20. The Kier molecular flexibility index (Phi) is 2.61. The van der Waals surface area contributed by atoms with Gasteiger partial charge in [0.1, 0.15) is 5.75 Å². The largest absolute Gasteiger partial charge is 0.507 e. The maximum absolute atomic E-state index is 12.2. The van der Waals surface area contributed by atoms with Gasteiger partial charge in [-0.3, -0.25) is 10.1 Å². The van der Waals surface area contributed by atoms with Crippen molar-refractivity contribution in [3.05, 3.63) is 65.7 Å². The molecule has 90 valence electrons. The third kappa shape index (κ3) is 1.89. The lowest BCUT2D eigenvalue weighted by molar-refractivity contribution is 0.0985. The second-order valence-electron chi connectivity index (χ2n) is 4.41. The Labute approximate surface area is 105 Å². The highest BCUT2D eigenvalue weighted by atomic mass is 16.3. The standard InChI is InChI=1S/C15H13NO2/c17-12-9-5-4-8-11(12)15(18)14-13(16-14)10-6-2-1-3-7-10/h1-9,13-14,16-17H/t13-,14+/m1/s1. The summed E-state index contributed by atoms with van der Waals surface area (Å²) in [7, 11) is 0. The van der Waals surface area contributed by atoms with E-state index in [1.165, 1.54) is 6.07 Å². The summed E-state index contributed by atoms with van der Waals surface area (Å²) < 4.78 is 0. The Morgan fingerprint density at radius 1 is 1.00 bits per heavy atom. The number of hydrogen-bond donors (Lipinski definition) is 2. The predicted octanol–water partition coefficient (Wildman–Crippen LogP) is 2.29. The van der Waals surface area contributed by atoms with Crippen LogP contribution in [0.25, 0.3) is 0 Å². The van der Waals surface area contributed by atoms with Gasteiger partial charge in [-0.05, 0) is 17.7 Å². The van der Waals surface area contributed by atoms with Crippen LogP contribution in [0.2, 0.25) is 0 Å². The van der Waals surface area contributed by atoms with Crippen molar-refractivity contribution < 1.29 is 9.90 Å². The van der Waals surface area contributed by atoms with Crippen LogP contribution in [0.5, 0.6) is 5.75 Å². The molecule has 0 aromatic heterocycles. The van der Waals surface area contributed by atoms with E-state index in [2.05, 4.69) is 5.32 Å². The molecule has 0 bridgehead atoms. The van der Waals surface area contributed by atoms with Crippen LogP contribution in [0, 0.1) is 0 Å². The molecule has 0 radical (unpaired) electrons. The number of rotatable bonds is 3. The lowest BCUT2D eigenvalue weighted by Crippen LogP contribution is -2.10. The molecule has 3 nitrogen and oxygen atoms in total. The van der Waals surface area contributed by atoms with Crippen molar-refractivity contribution in [2.75, 3.05) is 0 Å². The SMILES string of the molecule is O=C(c1ccccc1O)[C@H]1N[C@@H]1c1ccccc1. The van der Waals surface area contributed by atoms with E-state index in [4.69, 9.17) is 0 Å². The fourth-order valence-electron chi connectivity index (χ4n) is 2.16. The van der Waals surface area contributed by atoms with Crippen molar-refractivity contribution in [3.8, 4) is 5.75 Å². The quantitative estimate of drug-likeness (QED) is 0.638. The molecule has 2 aromatic carbocycles. The summed E-state index contributed by atoms with van der Waals surface area (Å²) in [6.07, 6.45) is 0. The molecule has 1 aliphatic heterocycles. The molecule has 2 atom stereocenters. The summed E-state index contributed by atoms with van der Waals surface area (Å²) in [5, 5.41) is 12.8. The number of para-hydroxylation sites is 1. The first-order valence-electron chi connectivity index (χ1n) is 5.90. The number of phenolic OH excluding ortho intramolecular Hbond substituents is 1.